The van der Waals surface area contributed by atoms with Gasteiger partial charge in [0.2, 0.25) is 11.8 Å². The molecule has 0 aliphatic carbocycles. The molecule has 1 saturated heterocycles. The number of benzene rings is 1. The molecule has 0 aromatic heterocycles. The van der Waals surface area contributed by atoms with Gasteiger partial charge in [-0.15, -0.1) is 0 Å². The predicted octanol–water partition coefficient (Wildman–Crippen LogP) is 1.57. The Labute approximate surface area is 172 Å². The van der Waals surface area contributed by atoms with E-state index in [1.165, 1.54) is 0 Å². The Kier molecular flexibility index (Phi) is 8.57. The minimum atomic E-state index is -0.0630. The minimum Gasteiger partial charge on any atom is -0.496 e. The van der Waals surface area contributed by atoms with Crippen molar-refractivity contribution in [3.8, 4) is 17.2 Å². The molecule has 0 saturated carbocycles. The summed E-state index contributed by atoms with van der Waals surface area (Å²) in [6.45, 7) is 6.05. The van der Waals surface area contributed by atoms with E-state index < -0.39 is 0 Å². The maximum Gasteiger partial charge on any atom is 0.234 e. The van der Waals surface area contributed by atoms with Crippen LogP contribution in [0.25, 0.3) is 0 Å². The number of rotatable bonds is 9. The number of carbonyl (C=O) groups excluding carboxylic acids is 2. The zero-order valence-corrected chi connectivity index (χ0v) is 18.0. The Morgan fingerprint density at radius 3 is 2.17 bits per heavy atom. The first-order valence-electron chi connectivity index (χ1n) is 9.96. The Morgan fingerprint density at radius 1 is 1.03 bits per heavy atom. The molecule has 8 nitrogen and oxygen atoms in total. The van der Waals surface area contributed by atoms with Gasteiger partial charge in [-0.3, -0.25) is 14.5 Å². The van der Waals surface area contributed by atoms with Gasteiger partial charge in [0, 0.05) is 30.1 Å². The van der Waals surface area contributed by atoms with Gasteiger partial charge in [-0.1, -0.05) is 0 Å². The van der Waals surface area contributed by atoms with E-state index in [4.69, 9.17) is 14.2 Å². The Balaban J connectivity index is 1.84. The fourth-order valence-electron chi connectivity index (χ4n) is 3.44. The summed E-state index contributed by atoms with van der Waals surface area (Å²) in [6, 6.07) is 3.70. The molecule has 2 N–H and O–H groups in total. The number of carbonyl (C=O) groups is 2. The van der Waals surface area contributed by atoms with E-state index in [0.29, 0.717) is 30.3 Å². The normalized spacial score (nSPS) is 15.1. The van der Waals surface area contributed by atoms with Crippen LogP contribution in [0.3, 0.4) is 0 Å². The molecular weight excluding hydrogens is 374 g/mol. The van der Waals surface area contributed by atoms with Crippen molar-refractivity contribution in [1.29, 1.82) is 0 Å². The summed E-state index contributed by atoms with van der Waals surface area (Å²) in [5.41, 5.74) is 0.808. The molecular formula is C21H33N3O5. The summed E-state index contributed by atoms with van der Waals surface area (Å²) >= 11 is 0. The van der Waals surface area contributed by atoms with Crippen LogP contribution in [0.1, 0.15) is 32.3 Å². The quantitative estimate of drug-likeness (QED) is 0.646. The van der Waals surface area contributed by atoms with Crippen LogP contribution in [-0.4, -0.2) is 63.7 Å². The van der Waals surface area contributed by atoms with Gasteiger partial charge in [-0.05, 0) is 45.8 Å². The summed E-state index contributed by atoms with van der Waals surface area (Å²) in [7, 11) is 4.71. The summed E-state index contributed by atoms with van der Waals surface area (Å²) in [4.78, 5) is 26.6. The van der Waals surface area contributed by atoms with Crippen LogP contribution in [0, 0.1) is 5.92 Å². The highest BCUT2D eigenvalue weighted by Gasteiger charge is 2.26. The van der Waals surface area contributed by atoms with Crippen LogP contribution in [-0.2, 0) is 16.1 Å². The second-order valence-electron chi connectivity index (χ2n) is 7.51. The number of ether oxygens (including phenoxy) is 3. The lowest BCUT2D eigenvalue weighted by Crippen LogP contribution is -2.45. The molecule has 2 amide bonds. The van der Waals surface area contributed by atoms with Gasteiger partial charge < -0.3 is 24.8 Å². The van der Waals surface area contributed by atoms with Crippen LogP contribution < -0.4 is 24.8 Å². The molecule has 2 rings (SSSR count). The van der Waals surface area contributed by atoms with Crippen molar-refractivity contribution in [2.24, 2.45) is 5.92 Å². The summed E-state index contributed by atoms with van der Waals surface area (Å²) in [6.07, 6.45) is 1.55. The van der Waals surface area contributed by atoms with Gasteiger partial charge in [-0.2, -0.15) is 0 Å². The first-order valence-corrected chi connectivity index (χ1v) is 9.96. The Bertz CT molecular complexity index is 700. The fourth-order valence-corrected chi connectivity index (χ4v) is 3.44. The third-order valence-electron chi connectivity index (χ3n) is 5.02. The van der Waals surface area contributed by atoms with E-state index in [0.717, 1.165) is 31.5 Å². The van der Waals surface area contributed by atoms with E-state index in [-0.39, 0.29) is 23.8 Å². The average molecular weight is 408 g/mol. The second-order valence-corrected chi connectivity index (χ2v) is 7.51. The zero-order valence-electron chi connectivity index (χ0n) is 18.0. The third-order valence-corrected chi connectivity index (χ3v) is 5.02. The number of piperidine rings is 1. The molecule has 1 aromatic rings. The third kappa shape index (κ3) is 6.52. The van der Waals surface area contributed by atoms with Gasteiger partial charge in [0.1, 0.15) is 5.75 Å². The van der Waals surface area contributed by atoms with Crippen LogP contribution in [0.15, 0.2) is 12.1 Å². The lowest BCUT2D eigenvalue weighted by Gasteiger charge is -2.31. The molecule has 162 valence electrons. The van der Waals surface area contributed by atoms with Gasteiger partial charge in [-0.25, -0.2) is 0 Å². The number of hydrogen-bond donors (Lipinski definition) is 2. The van der Waals surface area contributed by atoms with E-state index in [1.54, 1.807) is 33.5 Å². The molecule has 0 unspecified atom stereocenters. The van der Waals surface area contributed by atoms with Crippen molar-refractivity contribution in [2.75, 3.05) is 41.0 Å². The number of likely N-dealkylation sites (tertiary alicyclic amines) is 1. The first kappa shape index (κ1) is 22.8. The van der Waals surface area contributed by atoms with Crippen molar-refractivity contribution in [1.82, 2.24) is 15.5 Å². The zero-order chi connectivity index (χ0) is 21.4. The van der Waals surface area contributed by atoms with Gasteiger partial charge >= 0.3 is 0 Å². The van der Waals surface area contributed by atoms with Gasteiger partial charge in [0.15, 0.2) is 11.5 Å². The number of amides is 2. The van der Waals surface area contributed by atoms with E-state index in [2.05, 4.69) is 15.5 Å². The molecule has 1 aromatic carbocycles. The van der Waals surface area contributed by atoms with Crippen molar-refractivity contribution >= 4 is 11.8 Å². The molecule has 0 atom stereocenters. The summed E-state index contributed by atoms with van der Waals surface area (Å²) in [5.74, 6) is 1.87. The van der Waals surface area contributed by atoms with Crippen molar-refractivity contribution in [3.63, 3.8) is 0 Å². The summed E-state index contributed by atoms with van der Waals surface area (Å²) in [5, 5.41) is 5.90. The number of nitrogens with one attached hydrogen (secondary N) is 2. The van der Waals surface area contributed by atoms with E-state index in [1.807, 2.05) is 13.8 Å². The van der Waals surface area contributed by atoms with Crippen LogP contribution >= 0.6 is 0 Å². The van der Waals surface area contributed by atoms with E-state index in [9.17, 15) is 9.59 Å². The van der Waals surface area contributed by atoms with Gasteiger partial charge in [0.05, 0.1) is 27.9 Å². The number of nitrogens with zero attached hydrogens (tertiary/aromatic N) is 1. The number of methoxy groups -OCH3 is 3. The first-order chi connectivity index (χ1) is 13.9. The highest BCUT2D eigenvalue weighted by Crippen LogP contribution is 2.34. The topological polar surface area (TPSA) is 89.1 Å². The molecule has 1 aliphatic heterocycles. The highest BCUT2D eigenvalue weighted by molar-refractivity contribution is 5.79. The molecule has 29 heavy (non-hydrogen) atoms. The predicted molar refractivity (Wildman–Crippen MR) is 110 cm³/mol. The smallest absolute Gasteiger partial charge is 0.234 e. The van der Waals surface area contributed by atoms with Crippen LogP contribution in [0.5, 0.6) is 17.2 Å². The monoisotopic (exact) mass is 407 g/mol. The van der Waals surface area contributed by atoms with Crippen LogP contribution in [0.4, 0.5) is 0 Å². The molecule has 0 radical (unpaired) electrons. The molecule has 8 heteroatoms. The minimum absolute atomic E-state index is 0.0349. The second kappa shape index (κ2) is 10.9. The maximum absolute atomic E-state index is 12.4. The number of hydrogen-bond acceptors (Lipinski definition) is 6. The fraction of sp³-hybridized carbons (Fsp3) is 0.619. The molecule has 1 fully saturated rings. The maximum atomic E-state index is 12.4. The van der Waals surface area contributed by atoms with Crippen molar-refractivity contribution < 1.29 is 23.8 Å². The van der Waals surface area contributed by atoms with E-state index >= 15 is 0 Å². The molecule has 1 aliphatic rings. The Hall–Kier alpha value is -2.48. The standard InChI is InChI=1S/C21H33N3O5/c1-14(2)23-21(26)15-6-8-24(9-7-15)13-20(25)22-12-16-10-18(28-4)19(29-5)11-17(16)27-3/h10-11,14-15H,6-9,12-13H2,1-5H3,(H,22,25)(H,23,26). The lowest BCUT2D eigenvalue weighted by molar-refractivity contribution is -0.127. The van der Waals surface area contributed by atoms with Crippen LogP contribution in [0.2, 0.25) is 0 Å². The molecule has 1 heterocycles. The van der Waals surface area contributed by atoms with Crippen molar-refractivity contribution in [2.45, 2.75) is 39.3 Å². The molecule has 0 bridgehead atoms. The lowest BCUT2D eigenvalue weighted by atomic mass is 9.95. The van der Waals surface area contributed by atoms with Gasteiger partial charge in [0.25, 0.3) is 0 Å². The highest BCUT2D eigenvalue weighted by atomic mass is 16.5. The average Bonchev–Trinajstić information content (AvgIpc) is 2.71. The molecule has 0 spiro atoms. The SMILES string of the molecule is COc1cc(OC)c(OC)cc1CNC(=O)CN1CCC(C(=O)NC(C)C)CC1. The largest absolute Gasteiger partial charge is 0.496 e. The Morgan fingerprint density at radius 2 is 1.62 bits per heavy atom. The summed E-state index contributed by atoms with van der Waals surface area (Å²) < 4.78 is 16.0. The van der Waals surface area contributed by atoms with Crippen molar-refractivity contribution in [3.05, 3.63) is 17.7 Å².